The molecular weight excluding hydrogens is 400 g/mol. The van der Waals surface area contributed by atoms with Gasteiger partial charge in [0.25, 0.3) is 11.8 Å². The van der Waals surface area contributed by atoms with Crippen LogP contribution in [0.3, 0.4) is 0 Å². The van der Waals surface area contributed by atoms with Gasteiger partial charge in [0.15, 0.2) is 6.10 Å². The summed E-state index contributed by atoms with van der Waals surface area (Å²) in [7, 11) is 1.73. The minimum atomic E-state index is -0.693. The van der Waals surface area contributed by atoms with Crippen molar-refractivity contribution in [3.05, 3.63) is 90.0 Å². The molecule has 0 aliphatic carbocycles. The quantitative estimate of drug-likeness (QED) is 0.548. The standard InChI is InChI=1S/C27H30N2O3/c1-19(32-24-16-14-21(15-17-24)27(2,3)4)25(30)28-22-11-9-10-20(18-22)26(31)29(5)23-12-7-6-8-13-23/h6-19H,1-5H3,(H,28,30). The maximum absolute atomic E-state index is 12.8. The van der Waals surface area contributed by atoms with E-state index in [2.05, 4.69) is 26.1 Å². The highest BCUT2D eigenvalue weighted by atomic mass is 16.5. The van der Waals surface area contributed by atoms with Crippen LogP contribution in [0.4, 0.5) is 11.4 Å². The molecule has 3 aromatic rings. The molecule has 0 spiro atoms. The van der Waals surface area contributed by atoms with E-state index in [1.807, 2.05) is 54.6 Å². The van der Waals surface area contributed by atoms with E-state index in [-0.39, 0.29) is 17.2 Å². The summed E-state index contributed by atoms with van der Waals surface area (Å²) in [6, 6.07) is 24.1. The largest absolute Gasteiger partial charge is 0.481 e. The average molecular weight is 431 g/mol. The number of nitrogens with one attached hydrogen (secondary N) is 1. The summed E-state index contributed by atoms with van der Waals surface area (Å²) >= 11 is 0. The van der Waals surface area contributed by atoms with Crippen LogP contribution in [-0.4, -0.2) is 25.0 Å². The first-order valence-corrected chi connectivity index (χ1v) is 10.7. The molecule has 0 fully saturated rings. The summed E-state index contributed by atoms with van der Waals surface area (Å²) in [5.41, 5.74) is 3.08. The molecule has 0 radical (unpaired) electrons. The number of rotatable bonds is 6. The molecule has 0 aromatic heterocycles. The Balaban J connectivity index is 1.64. The number of hydrogen-bond donors (Lipinski definition) is 1. The SMILES string of the molecule is CC(Oc1ccc(C(C)(C)C)cc1)C(=O)Nc1cccc(C(=O)N(C)c2ccccc2)c1. The Labute approximate surface area is 190 Å². The molecule has 0 aliphatic heterocycles. The number of carbonyl (C=O) groups is 2. The van der Waals surface area contributed by atoms with Gasteiger partial charge in [-0.3, -0.25) is 9.59 Å². The Morgan fingerprint density at radius 2 is 1.56 bits per heavy atom. The predicted octanol–water partition coefficient (Wildman–Crippen LogP) is 5.67. The fourth-order valence-corrected chi connectivity index (χ4v) is 3.23. The molecule has 1 unspecified atom stereocenters. The van der Waals surface area contributed by atoms with Crippen LogP contribution < -0.4 is 15.0 Å². The zero-order valence-electron chi connectivity index (χ0n) is 19.3. The molecule has 3 rings (SSSR count). The van der Waals surface area contributed by atoms with E-state index >= 15 is 0 Å². The highest BCUT2D eigenvalue weighted by molar-refractivity contribution is 6.06. The van der Waals surface area contributed by atoms with Gasteiger partial charge in [0.1, 0.15) is 5.75 Å². The number of para-hydroxylation sites is 1. The first kappa shape index (κ1) is 23.1. The van der Waals surface area contributed by atoms with Gasteiger partial charge < -0.3 is 15.0 Å². The van der Waals surface area contributed by atoms with E-state index in [0.29, 0.717) is 17.0 Å². The zero-order valence-corrected chi connectivity index (χ0v) is 19.3. The number of ether oxygens (including phenoxy) is 1. The Kier molecular flexibility index (Phi) is 6.98. The lowest BCUT2D eigenvalue weighted by atomic mass is 9.87. The molecule has 0 heterocycles. The second kappa shape index (κ2) is 9.69. The third-order valence-electron chi connectivity index (χ3n) is 5.23. The summed E-state index contributed by atoms with van der Waals surface area (Å²) < 4.78 is 5.80. The van der Waals surface area contributed by atoms with Crippen LogP contribution in [0.2, 0.25) is 0 Å². The number of nitrogens with zero attached hydrogens (tertiary/aromatic N) is 1. The van der Waals surface area contributed by atoms with Crippen molar-refractivity contribution in [2.24, 2.45) is 0 Å². The number of benzene rings is 3. The van der Waals surface area contributed by atoms with Gasteiger partial charge >= 0.3 is 0 Å². The fraction of sp³-hybridized carbons (Fsp3) is 0.259. The van der Waals surface area contributed by atoms with E-state index < -0.39 is 6.10 Å². The van der Waals surface area contributed by atoms with Gasteiger partial charge in [0.2, 0.25) is 0 Å². The van der Waals surface area contributed by atoms with Gasteiger partial charge in [-0.1, -0.05) is 57.2 Å². The zero-order chi connectivity index (χ0) is 23.3. The van der Waals surface area contributed by atoms with Crippen LogP contribution in [-0.2, 0) is 10.2 Å². The van der Waals surface area contributed by atoms with Gasteiger partial charge in [-0.15, -0.1) is 0 Å². The van der Waals surface area contributed by atoms with E-state index in [9.17, 15) is 9.59 Å². The van der Waals surface area contributed by atoms with Crippen LogP contribution in [0.5, 0.6) is 5.75 Å². The highest BCUT2D eigenvalue weighted by Crippen LogP contribution is 2.25. The maximum Gasteiger partial charge on any atom is 0.265 e. The third kappa shape index (κ3) is 5.76. The maximum atomic E-state index is 12.8. The summed E-state index contributed by atoms with van der Waals surface area (Å²) in [6.07, 6.45) is -0.693. The minimum absolute atomic E-state index is 0.0541. The first-order valence-electron chi connectivity index (χ1n) is 10.7. The van der Waals surface area contributed by atoms with Gasteiger partial charge in [0, 0.05) is 24.0 Å². The monoisotopic (exact) mass is 430 g/mol. The fourth-order valence-electron chi connectivity index (χ4n) is 3.23. The molecule has 0 saturated carbocycles. The molecule has 0 bridgehead atoms. The highest BCUT2D eigenvalue weighted by Gasteiger charge is 2.18. The molecule has 5 heteroatoms. The van der Waals surface area contributed by atoms with E-state index in [4.69, 9.17) is 4.74 Å². The lowest BCUT2D eigenvalue weighted by Gasteiger charge is -2.20. The third-order valence-corrected chi connectivity index (χ3v) is 5.23. The van der Waals surface area contributed by atoms with Crippen molar-refractivity contribution in [2.45, 2.75) is 39.2 Å². The number of amides is 2. The van der Waals surface area contributed by atoms with Crippen LogP contribution in [0, 0.1) is 0 Å². The lowest BCUT2D eigenvalue weighted by Crippen LogP contribution is -2.30. The number of anilines is 2. The summed E-state index contributed by atoms with van der Waals surface area (Å²) in [5, 5.41) is 2.84. The average Bonchev–Trinajstić information content (AvgIpc) is 2.78. The minimum Gasteiger partial charge on any atom is -0.481 e. The molecule has 32 heavy (non-hydrogen) atoms. The number of carbonyl (C=O) groups excluding carboxylic acids is 2. The lowest BCUT2D eigenvalue weighted by molar-refractivity contribution is -0.122. The Morgan fingerprint density at radius 3 is 2.19 bits per heavy atom. The number of hydrogen-bond acceptors (Lipinski definition) is 3. The smallest absolute Gasteiger partial charge is 0.265 e. The second-order valence-electron chi connectivity index (χ2n) is 8.80. The van der Waals surface area contributed by atoms with Crippen LogP contribution >= 0.6 is 0 Å². The molecule has 3 aromatic carbocycles. The molecule has 2 amide bonds. The molecule has 1 N–H and O–H groups in total. The summed E-state index contributed by atoms with van der Waals surface area (Å²) in [6.45, 7) is 8.14. The Morgan fingerprint density at radius 1 is 0.906 bits per heavy atom. The second-order valence-corrected chi connectivity index (χ2v) is 8.80. The normalized spacial score (nSPS) is 12.0. The van der Waals surface area contributed by atoms with Crippen molar-refractivity contribution < 1.29 is 14.3 Å². The topological polar surface area (TPSA) is 58.6 Å². The van der Waals surface area contributed by atoms with Gasteiger partial charge in [-0.2, -0.15) is 0 Å². The van der Waals surface area contributed by atoms with Crippen LogP contribution in [0.1, 0.15) is 43.6 Å². The van der Waals surface area contributed by atoms with Gasteiger partial charge in [-0.25, -0.2) is 0 Å². The molecule has 0 aliphatic rings. The molecular formula is C27H30N2O3. The van der Waals surface area contributed by atoms with Crippen molar-refractivity contribution in [1.82, 2.24) is 0 Å². The van der Waals surface area contributed by atoms with Gasteiger partial charge in [0.05, 0.1) is 0 Å². The summed E-state index contributed by atoms with van der Waals surface area (Å²) in [5.74, 6) is 0.190. The van der Waals surface area contributed by atoms with Crippen molar-refractivity contribution in [2.75, 3.05) is 17.3 Å². The molecule has 5 nitrogen and oxygen atoms in total. The van der Waals surface area contributed by atoms with E-state index in [1.54, 1.807) is 43.1 Å². The predicted molar refractivity (Wildman–Crippen MR) is 129 cm³/mol. The molecule has 0 saturated heterocycles. The van der Waals surface area contributed by atoms with Crippen molar-refractivity contribution in [3.63, 3.8) is 0 Å². The van der Waals surface area contributed by atoms with Crippen molar-refractivity contribution in [1.29, 1.82) is 0 Å². The Hall–Kier alpha value is -3.60. The Bertz CT molecular complexity index is 1070. The van der Waals surface area contributed by atoms with Gasteiger partial charge in [-0.05, 0) is 60.4 Å². The van der Waals surface area contributed by atoms with E-state index in [0.717, 1.165) is 5.69 Å². The summed E-state index contributed by atoms with van der Waals surface area (Å²) in [4.78, 5) is 27.1. The van der Waals surface area contributed by atoms with Crippen LogP contribution in [0.25, 0.3) is 0 Å². The van der Waals surface area contributed by atoms with Crippen molar-refractivity contribution in [3.8, 4) is 5.75 Å². The first-order chi connectivity index (χ1) is 15.1. The van der Waals surface area contributed by atoms with E-state index in [1.165, 1.54) is 5.56 Å². The molecule has 1 atom stereocenters. The van der Waals surface area contributed by atoms with Crippen LogP contribution in [0.15, 0.2) is 78.9 Å². The van der Waals surface area contributed by atoms with Crippen molar-refractivity contribution >= 4 is 23.2 Å². The molecule has 166 valence electrons.